The Bertz CT molecular complexity index is 1140. The van der Waals surface area contributed by atoms with Gasteiger partial charge in [-0.15, -0.1) is 0 Å². The van der Waals surface area contributed by atoms with Crippen molar-refractivity contribution in [2.75, 3.05) is 4.72 Å². The summed E-state index contributed by atoms with van der Waals surface area (Å²) in [7, 11) is -2.83. The van der Waals surface area contributed by atoms with E-state index in [2.05, 4.69) is 9.72 Å². The second-order valence-electron chi connectivity index (χ2n) is 5.36. The summed E-state index contributed by atoms with van der Waals surface area (Å²) < 4.78 is 84.5. The van der Waals surface area contributed by atoms with Crippen LogP contribution in [0.4, 0.5) is 23.2 Å². The minimum Gasteiger partial charge on any atom is -0.432 e. The van der Waals surface area contributed by atoms with Crippen molar-refractivity contribution in [2.45, 2.75) is 11.5 Å². The summed E-state index contributed by atoms with van der Waals surface area (Å²) in [6.45, 7) is -3.36. The van der Waals surface area contributed by atoms with Gasteiger partial charge in [0, 0.05) is 30.8 Å². The molecule has 144 valence electrons. The first kappa shape index (κ1) is 19.2. The molecule has 0 spiro atoms. The van der Waals surface area contributed by atoms with Gasteiger partial charge in [-0.2, -0.15) is 8.78 Å². The summed E-state index contributed by atoms with van der Waals surface area (Å²) in [5, 5.41) is 0.344. The molecule has 0 aliphatic carbocycles. The molecule has 2 aromatic heterocycles. The zero-order chi connectivity index (χ0) is 19.9. The highest BCUT2D eigenvalue weighted by atomic mass is 35.5. The summed E-state index contributed by atoms with van der Waals surface area (Å²) >= 11 is 5.79. The predicted molar refractivity (Wildman–Crippen MR) is 89.5 cm³/mol. The van der Waals surface area contributed by atoms with E-state index in [4.69, 9.17) is 11.6 Å². The second-order valence-corrected chi connectivity index (χ2v) is 7.39. The number of hydrogen-bond donors (Lipinski definition) is 1. The fourth-order valence-corrected chi connectivity index (χ4v) is 3.84. The van der Waals surface area contributed by atoms with Crippen LogP contribution in [0.15, 0.2) is 35.4 Å². The number of nitrogens with one attached hydrogen (secondary N) is 1. The highest BCUT2D eigenvalue weighted by Crippen LogP contribution is 2.30. The average molecular weight is 424 g/mol. The van der Waals surface area contributed by atoms with Crippen molar-refractivity contribution in [3.63, 3.8) is 0 Å². The fraction of sp³-hybridized carbons (Fsp3) is 0.133. The number of pyridine rings is 1. The number of fused-ring (bicyclic) bond motifs is 1. The van der Waals surface area contributed by atoms with Crippen LogP contribution in [0.5, 0.6) is 5.75 Å². The van der Waals surface area contributed by atoms with Gasteiger partial charge in [-0.1, -0.05) is 11.6 Å². The third kappa shape index (κ3) is 3.78. The van der Waals surface area contributed by atoms with Gasteiger partial charge in [0.15, 0.2) is 17.4 Å². The Morgan fingerprint density at radius 3 is 2.59 bits per heavy atom. The third-order valence-corrected chi connectivity index (χ3v) is 5.13. The highest BCUT2D eigenvalue weighted by molar-refractivity contribution is 7.93. The van der Waals surface area contributed by atoms with E-state index >= 15 is 0 Å². The number of nitrogens with zero attached hydrogens (tertiary/aromatic N) is 2. The van der Waals surface area contributed by atoms with E-state index in [-0.39, 0.29) is 21.1 Å². The van der Waals surface area contributed by atoms with Gasteiger partial charge < -0.3 is 9.30 Å². The van der Waals surface area contributed by atoms with Crippen molar-refractivity contribution in [1.29, 1.82) is 0 Å². The summed E-state index contributed by atoms with van der Waals surface area (Å²) in [5.74, 6) is -3.70. The summed E-state index contributed by atoms with van der Waals surface area (Å²) in [5.41, 5.74) is -0.511. The average Bonchev–Trinajstić information content (AvgIpc) is 2.89. The molecule has 6 nitrogen and oxygen atoms in total. The van der Waals surface area contributed by atoms with Gasteiger partial charge in [-0.25, -0.2) is 22.2 Å². The number of rotatable bonds is 5. The number of aromatic nitrogens is 2. The van der Waals surface area contributed by atoms with E-state index in [1.807, 2.05) is 4.72 Å². The normalized spacial score (nSPS) is 12.0. The van der Waals surface area contributed by atoms with E-state index < -0.39 is 39.7 Å². The molecule has 0 saturated carbocycles. The number of benzene rings is 1. The van der Waals surface area contributed by atoms with Crippen LogP contribution in [-0.2, 0) is 17.1 Å². The Hall–Kier alpha value is -2.53. The van der Waals surface area contributed by atoms with Crippen LogP contribution in [0.1, 0.15) is 0 Å². The zero-order valence-electron chi connectivity index (χ0n) is 13.4. The molecule has 1 N–H and O–H groups in total. The van der Waals surface area contributed by atoms with E-state index in [0.29, 0.717) is 12.1 Å². The van der Waals surface area contributed by atoms with Crippen LogP contribution in [0.2, 0.25) is 5.15 Å². The maximum absolute atomic E-state index is 14.0. The highest BCUT2D eigenvalue weighted by Gasteiger charge is 2.24. The summed E-state index contributed by atoms with van der Waals surface area (Å²) in [4.78, 5) is 3.75. The van der Waals surface area contributed by atoms with Gasteiger partial charge in [-0.05, 0) is 12.1 Å². The Kier molecular flexibility index (Phi) is 4.91. The van der Waals surface area contributed by atoms with Crippen molar-refractivity contribution in [1.82, 2.24) is 9.55 Å². The van der Waals surface area contributed by atoms with Crippen molar-refractivity contribution < 1.29 is 30.7 Å². The summed E-state index contributed by atoms with van der Waals surface area (Å²) in [6.07, 6.45) is 1.22. The molecule has 2 heterocycles. The van der Waals surface area contributed by atoms with Crippen molar-refractivity contribution >= 4 is 38.3 Å². The molecular weight excluding hydrogens is 414 g/mol. The Labute approximate surface area is 155 Å². The molecular formula is C15H10ClF4N3O3S. The van der Waals surface area contributed by atoms with Gasteiger partial charge in [0.1, 0.15) is 15.7 Å². The number of sulfonamides is 1. The molecule has 0 aliphatic heterocycles. The first-order valence-corrected chi connectivity index (χ1v) is 9.03. The molecule has 0 atom stereocenters. The van der Waals surface area contributed by atoms with Gasteiger partial charge in [-0.3, -0.25) is 4.72 Å². The maximum Gasteiger partial charge on any atom is 0.387 e. The molecule has 27 heavy (non-hydrogen) atoms. The number of alkyl halides is 2. The molecule has 0 unspecified atom stereocenters. The van der Waals surface area contributed by atoms with Crippen molar-refractivity contribution in [2.24, 2.45) is 7.05 Å². The minimum atomic E-state index is -4.36. The fourth-order valence-electron chi connectivity index (χ4n) is 2.40. The number of anilines is 1. The standard InChI is InChI=1S/C15H10ClF4N3O3S/c1-23-6-12(7-2-3-13(16)21-14(7)23)27(24,25)22-10-4-9(18)11(5-8(10)17)26-15(19)20/h2-6,15,22H,1H3. The van der Waals surface area contributed by atoms with Crippen LogP contribution in [-0.4, -0.2) is 24.6 Å². The first-order valence-electron chi connectivity index (χ1n) is 7.17. The quantitative estimate of drug-likeness (QED) is 0.499. The van der Waals surface area contributed by atoms with Crippen molar-refractivity contribution in [3.05, 3.63) is 47.2 Å². The molecule has 1 aromatic carbocycles. The topological polar surface area (TPSA) is 73.2 Å². The lowest BCUT2D eigenvalue weighted by atomic mass is 10.3. The van der Waals surface area contributed by atoms with Crippen LogP contribution in [0.3, 0.4) is 0 Å². The molecule has 3 rings (SSSR count). The summed E-state index contributed by atoms with van der Waals surface area (Å²) in [6, 6.07) is 3.52. The predicted octanol–water partition coefficient (Wildman–Crippen LogP) is 3.91. The maximum atomic E-state index is 14.0. The van der Waals surface area contributed by atoms with Gasteiger partial charge >= 0.3 is 6.61 Å². The molecule has 0 aliphatic rings. The van der Waals surface area contributed by atoms with Gasteiger partial charge in [0.25, 0.3) is 10.0 Å². The monoisotopic (exact) mass is 423 g/mol. The first-order chi connectivity index (χ1) is 12.6. The Morgan fingerprint density at radius 1 is 1.22 bits per heavy atom. The number of aryl methyl sites for hydroxylation is 1. The van der Waals surface area contributed by atoms with E-state index in [0.717, 1.165) is 0 Å². The number of halogens is 5. The molecule has 12 heteroatoms. The Balaban J connectivity index is 2.02. The zero-order valence-corrected chi connectivity index (χ0v) is 15.0. The van der Waals surface area contributed by atoms with E-state index in [1.54, 1.807) is 0 Å². The lowest BCUT2D eigenvalue weighted by Gasteiger charge is -2.11. The van der Waals surface area contributed by atoms with Crippen LogP contribution in [0.25, 0.3) is 11.0 Å². The molecule has 0 saturated heterocycles. The van der Waals surface area contributed by atoms with Crippen LogP contribution in [0, 0.1) is 11.6 Å². The Morgan fingerprint density at radius 2 is 1.93 bits per heavy atom. The van der Waals surface area contributed by atoms with Crippen LogP contribution < -0.4 is 9.46 Å². The van der Waals surface area contributed by atoms with E-state index in [1.165, 1.54) is 29.9 Å². The second kappa shape index (κ2) is 6.89. The van der Waals surface area contributed by atoms with E-state index in [9.17, 15) is 26.0 Å². The lowest BCUT2D eigenvalue weighted by Crippen LogP contribution is -2.14. The molecule has 0 amide bonds. The van der Waals surface area contributed by atoms with Crippen molar-refractivity contribution in [3.8, 4) is 5.75 Å². The molecule has 0 bridgehead atoms. The molecule has 0 radical (unpaired) electrons. The number of hydrogen-bond acceptors (Lipinski definition) is 4. The number of ether oxygens (including phenoxy) is 1. The lowest BCUT2D eigenvalue weighted by molar-refractivity contribution is -0.0523. The molecule has 3 aromatic rings. The van der Waals surface area contributed by atoms with Gasteiger partial charge in [0.05, 0.1) is 5.69 Å². The van der Waals surface area contributed by atoms with Crippen LogP contribution >= 0.6 is 11.6 Å². The largest absolute Gasteiger partial charge is 0.432 e. The SMILES string of the molecule is Cn1cc(S(=O)(=O)Nc2cc(F)c(OC(F)F)cc2F)c2ccc(Cl)nc21. The minimum absolute atomic E-state index is 0.142. The third-order valence-electron chi connectivity index (χ3n) is 3.52. The molecule has 0 fully saturated rings. The van der Waals surface area contributed by atoms with Gasteiger partial charge in [0.2, 0.25) is 0 Å². The smallest absolute Gasteiger partial charge is 0.387 e.